The van der Waals surface area contributed by atoms with E-state index < -0.39 is 24.6 Å². The first-order valence-electron chi connectivity index (χ1n) is 6.70. The number of nitrogens with one attached hydrogen (secondary N) is 2. The molecule has 1 atom stereocenters. The maximum atomic E-state index is 11.5. The Morgan fingerprint density at radius 3 is 2.37 bits per heavy atom. The summed E-state index contributed by atoms with van der Waals surface area (Å²) in [7, 11) is 0. The smallest absolute Gasteiger partial charge is 0.328 e. The average Bonchev–Trinajstić information content (AvgIpc) is 2.33. The number of aliphatic carboxylic acids is 1. The molecule has 0 aliphatic rings. The Hall–Kier alpha value is -1.30. The number of carbonyl (C=O) groups is 2. The summed E-state index contributed by atoms with van der Waals surface area (Å²) in [5.41, 5.74) is -0.0234. The summed E-state index contributed by atoms with van der Waals surface area (Å²) in [6.07, 6.45) is 4.44. The number of carboxylic acids is 1. The number of aliphatic hydroxyl groups excluding tert-OH is 1. The molecular formula is C13H26N2O4. The van der Waals surface area contributed by atoms with Gasteiger partial charge in [0.1, 0.15) is 0 Å². The van der Waals surface area contributed by atoms with Crippen molar-refractivity contribution in [1.82, 2.24) is 10.6 Å². The van der Waals surface area contributed by atoms with Crippen LogP contribution in [0.2, 0.25) is 0 Å². The number of amides is 2. The Morgan fingerprint density at radius 1 is 1.26 bits per heavy atom. The zero-order valence-electron chi connectivity index (χ0n) is 12.0. The van der Waals surface area contributed by atoms with Crippen molar-refractivity contribution in [2.24, 2.45) is 5.41 Å². The van der Waals surface area contributed by atoms with Crippen molar-refractivity contribution in [3.8, 4) is 0 Å². The van der Waals surface area contributed by atoms with Crippen LogP contribution in [0.3, 0.4) is 0 Å². The maximum absolute atomic E-state index is 11.5. The Bertz CT molecular complexity index is 292. The minimum absolute atomic E-state index is 0.0234. The number of aliphatic hydroxyl groups is 1. The highest BCUT2D eigenvalue weighted by Gasteiger charge is 2.21. The highest BCUT2D eigenvalue weighted by atomic mass is 16.4. The minimum Gasteiger partial charge on any atom is -0.480 e. The molecule has 0 saturated heterocycles. The number of urea groups is 1. The Balaban J connectivity index is 4.03. The number of unbranched alkanes of at least 4 members (excludes halogenated alkanes) is 2. The van der Waals surface area contributed by atoms with Gasteiger partial charge >= 0.3 is 12.0 Å². The molecule has 6 heteroatoms. The van der Waals surface area contributed by atoms with Gasteiger partial charge in [0.2, 0.25) is 0 Å². The van der Waals surface area contributed by atoms with Crippen LogP contribution in [0, 0.1) is 5.41 Å². The van der Waals surface area contributed by atoms with Crippen LogP contribution >= 0.6 is 0 Å². The van der Waals surface area contributed by atoms with Crippen molar-refractivity contribution in [3.63, 3.8) is 0 Å². The first-order valence-corrected chi connectivity index (χ1v) is 6.70. The van der Waals surface area contributed by atoms with E-state index in [4.69, 9.17) is 10.2 Å². The third kappa shape index (κ3) is 8.42. The van der Waals surface area contributed by atoms with Gasteiger partial charge in [-0.25, -0.2) is 9.59 Å². The van der Waals surface area contributed by atoms with E-state index >= 15 is 0 Å². The summed E-state index contributed by atoms with van der Waals surface area (Å²) in [5, 5.41) is 22.3. The lowest BCUT2D eigenvalue weighted by Gasteiger charge is -2.25. The Kier molecular flexibility index (Phi) is 8.14. The normalized spacial score (nSPS) is 12.8. The van der Waals surface area contributed by atoms with Crippen LogP contribution in [-0.2, 0) is 4.79 Å². The highest BCUT2D eigenvalue weighted by molar-refractivity contribution is 5.82. The first kappa shape index (κ1) is 17.7. The van der Waals surface area contributed by atoms with Gasteiger partial charge in [0, 0.05) is 6.54 Å². The summed E-state index contributed by atoms with van der Waals surface area (Å²) < 4.78 is 0. The molecule has 2 amide bonds. The molecule has 0 aliphatic heterocycles. The van der Waals surface area contributed by atoms with E-state index in [1.807, 2.05) is 0 Å². The first-order chi connectivity index (χ1) is 8.82. The molecule has 0 spiro atoms. The largest absolute Gasteiger partial charge is 0.480 e. The van der Waals surface area contributed by atoms with Gasteiger partial charge in [-0.15, -0.1) is 0 Å². The molecule has 0 radical (unpaired) electrons. The topological polar surface area (TPSA) is 98.7 Å². The van der Waals surface area contributed by atoms with Crippen LogP contribution in [0.4, 0.5) is 4.79 Å². The fourth-order valence-corrected chi connectivity index (χ4v) is 1.66. The fourth-order valence-electron chi connectivity index (χ4n) is 1.66. The van der Waals surface area contributed by atoms with Crippen molar-refractivity contribution >= 4 is 12.0 Å². The van der Waals surface area contributed by atoms with Crippen LogP contribution < -0.4 is 10.6 Å². The number of carboxylic acid groups (broad SMARTS) is 1. The molecule has 0 unspecified atom stereocenters. The van der Waals surface area contributed by atoms with Crippen molar-refractivity contribution < 1.29 is 19.8 Å². The van der Waals surface area contributed by atoms with Gasteiger partial charge in [0.15, 0.2) is 6.04 Å². The average molecular weight is 274 g/mol. The Morgan fingerprint density at radius 2 is 1.89 bits per heavy atom. The van der Waals surface area contributed by atoms with E-state index in [9.17, 15) is 9.59 Å². The molecule has 4 N–H and O–H groups in total. The molecule has 0 aromatic rings. The second kappa shape index (κ2) is 8.74. The minimum atomic E-state index is -1.26. The standard InChI is InChI=1S/C13H26N2O4/c1-4-5-6-7-13(2,3)9-14-12(19)15-10(8-16)11(17)18/h10,16H,4-9H2,1-3H3,(H,17,18)(H2,14,15,19)/t10-/m1/s1. The monoisotopic (exact) mass is 274 g/mol. The van der Waals surface area contributed by atoms with Gasteiger partial charge in [0.25, 0.3) is 0 Å². The predicted molar refractivity (Wildman–Crippen MR) is 73.0 cm³/mol. The molecule has 0 aromatic carbocycles. The van der Waals surface area contributed by atoms with Gasteiger partial charge < -0.3 is 20.8 Å². The second-order valence-corrected chi connectivity index (χ2v) is 5.52. The fraction of sp³-hybridized carbons (Fsp3) is 0.846. The van der Waals surface area contributed by atoms with Crippen molar-refractivity contribution in [3.05, 3.63) is 0 Å². The lowest BCUT2D eigenvalue weighted by Crippen LogP contribution is -2.49. The van der Waals surface area contributed by atoms with Crippen molar-refractivity contribution in [2.45, 2.75) is 52.5 Å². The van der Waals surface area contributed by atoms with Crippen molar-refractivity contribution in [1.29, 1.82) is 0 Å². The molecule has 0 rings (SSSR count). The molecule has 112 valence electrons. The van der Waals surface area contributed by atoms with Crippen LogP contribution in [0.5, 0.6) is 0 Å². The number of hydrogen-bond donors (Lipinski definition) is 4. The lowest BCUT2D eigenvalue weighted by atomic mass is 9.87. The number of rotatable bonds is 9. The third-order valence-corrected chi connectivity index (χ3v) is 2.97. The molecule has 0 fully saturated rings. The number of carbonyl (C=O) groups excluding carboxylic acids is 1. The summed E-state index contributed by atoms with van der Waals surface area (Å²) >= 11 is 0. The highest BCUT2D eigenvalue weighted by Crippen LogP contribution is 2.22. The van der Waals surface area contributed by atoms with E-state index in [0.717, 1.165) is 19.3 Å². The molecule has 0 aromatic heterocycles. The zero-order chi connectivity index (χ0) is 14.9. The van der Waals surface area contributed by atoms with Crippen LogP contribution in [-0.4, -0.2) is 41.4 Å². The molecular weight excluding hydrogens is 248 g/mol. The van der Waals surface area contributed by atoms with E-state index in [1.165, 1.54) is 6.42 Å². The molecule has 6 nitrogen and oxygen atoms in total. The quantitative estimate of drug-likeness (QED) is 0.477. The van der Waals surface area contributed by atoms with E-state index in [0.29, 0.717) is 6.54 Å². The van der Waals surface area contributed by atoms with Crippen LogP contribution in [0.25, 0.3) is 0 Å². The van der Waals surface area contributed by atoms with Gasteiger partial charge in [-0.2, -0.15) is 0 Å². The molecule has 0 bridgehead atoms. The van der Waals surface area contributed by atoms with E-state index in [-0.39, 0.29) is 5.41 Å². The third-order valence-electron chi connectivity index (χ3n) is 2.97. The van der Waals surface area contributed by atoms with Gasteiger partial charge in [-0.1, -0.05) is 40.0 Å². The maximum Gasteiger partial charge on any atom is 0.328 e. The number of hydrogen-bond acceptors (Lipinski definition) is 3. The second-order valence-electron chi connectivity index (χ2n) is 5.52. The van der Waals surface area contributed by atoms with Crippen LogP contribution in [0.15, 0.2) is 0 Å². The molecule has 0 heterocycles. The Labute approximate surface area is 114 Å². The van der Waals surface area contributed by atoms with Crippen molar-refractivity contribution in [2.75, 3.05) is 13.2 Å². The molecule has 0 saturated carbocycles. The predicted octanol–water partition coefficient (Wildman–Crippen LogP) is 1.34. The lowest BCUT2D eigenvalue weighted by molar-refractivity contribution is -0.140. The van der Waals surface area contributed by atoms with Gasteiger partial charge in [-0.3, -0.25) is 0 Å². The summed E-state index contributed by atoms with van der Waals surface area (Å²) in [5.74, 6) is -1.25. The molecule has 0 aliphatic carbocycles. The summed E-state index contributed by atoms with van der Waals surface area (Å²) in [6, 6.07) is -1.83. The van der Waals surface area contributed by atoms with Gasteiger partial charge in [0.05, 0.1) is 6.61 Å². The van der Waals surface area contributed by atoms with Gasteiger partial charge in [-0.05, 0) is 11.8 Å². The van der Waals surface area contributed by atoms with E-state index in [1.54, 1.807) is 0 Å². The SMILES string of the molecule is CCCCCC(C)(C)CNC(=O)N[C@H](CO)C(=O)O. The summed E-state index contributed by atoms with van der Waals surface area (Å²) in [6.45, 7) is 6.11. The van der Waals surface area contributed by atoms with Crippen LogP contribution in [0.1, 0.15) is 46.5 Å². The summed E-state index contributed by atoms with van der Waals surface area (Å²) in [4.78, 5) is 22.1. The van der Waals surface area contributed by atoms with E-state index in [2.05, 4.69) is 31.4 Å². The zero-order valence-corrected chi connectivity index (χ0v) is 12.0. The molecule has 19 heavy (non-hydrogen) atoms.